The molecule has 2 aromatic rings. The van der Waals surface area contributed by atoms with E-state index in [0.717, 1.165) is 5.56 Å². The Bertz CT molecular complexity index is 790. The van der Waals surface area contributed by atoms with E-state index in [9.17, 15) is 18.7 Å². The van der Waals surface area contributed by atoms with Crippen LogP contribution in [0.25, 0.3) is 0 Å². The van der Waals surface area contributed by atoms with Crippen LogP contribution in [0.15, 0.2) is 30.3 Å². The zero-order valence-electron chi connectivity index (χ0n) is 14.8. The molecule has 0 spiro atoms. The standard InChI is InChI=1S/C20H22F2O4/c1-12-3-5-14(18(21)7-12)8-17-16(6-4-13(2)20(17)22)19(25)11-26-10-15(24)9-23/h3-7,15,23-24H,8-11H2,1-2H3/t15-/m0/s1. The van der Waals surface area contributed by atoms with Crippen LogP contribution in [-0.2, 0) is 11.2 Å². The number of aliphatic hydroxyl groups excluding tert-OH is 2. The van der Waals surface area contributed by atoms with Crippen LogP contribution in [0.1, 0.15) is 32.6 Å². The lowest BCUT2D eigenvalue weighted by Crippen LogP contribution is -2.22. The van der Waals surface area contributed by atoms with Gasteiger partial charge in [0, 0.05) is 17.5 Å². The van der Waals surface area contributed by atoms with E-state index in [-0.39, 0.29) is 30.8 Å². The molecule has 26 heavy (non-hydrogen) atoms. The lowest BCUT2D eigenvalue weighted by molar-refractivity contribution is 0.00893. The molecule has 0 saturated carbocycles. The largest absolute Gasteiger partial charge is 0.394 e. The molecule has 4 nitrogen and oxygen atoms in total. The third-order valence-corrected chi connectivity index (χ3v) is 4.07. The SMILES string of the molecule is Cc1ccc(Cc2c(C(=O)COC[C@@H](O)CO)ccc(C)c2F)c(F)c1. The number of hydrogen-bond acceptors (Lipinski definition) is 4. The van der Waals surface area contributed by atoms with E-state index in [1.165, 1.54) is 18.2 Å². The minimum absolute atomic E-state index is 0.0556. The monoisotopic (exact) mass is 364 g/mol. The quantitative estimate of drug-likeness (QED) is 0.707. The minimum atomic E-state index is -1.08. The molecule has 0 bridgehead atoms. The summed E-state index contributed by atoms with van der Waals surface area (Å²) >= 11 is 0. The van der Waals surface area contributed by atoms with Crippen molar-refractivity contribution < 1.29 is 28.5 Å². The Kier molecular flexibility index (Phi) is 6.97. The van der Waals surface area contributed by atoms with Gasteiger partial charge in [0.1, 0.15) is 24.3 Å². The number of halogens is 2. The molecule has 140 valence electrons. The fraction of sp³-hybridized carbons (Fsp3) is 0.350. The number of Topliss-reactive ketones (excluding diaryl/α,β-unsaturated/α-hetero) is 1. The van der Waals surface area contributed by atoms with E-state index >= 15 is 0 Å². The molecule has 0 amide bonds. The van der Waals surface area contributed by atoms with Crippen molar-refractivity contribution in [1.82, 2.24) is 0 Å². The maximum absolute atomic E-state index is 14.6. The number of rotatable bonds is 8. The van der Waals surface area contributed by atoms with Crippen molar-refractivity contribution in [2.24, 2.45) is 0 Å². The van der Waals surface area contributed by atoms with E-state index < -0.39 is 30.1 Å². The highest BCUT2D eigenvalue weighted by Gasteiger charge is 2.19. The summed E-state index contributed by atoms with van der Waals surface area (Å²) in [5.41, 5.74) is 1.64. The molecule has 0 aliphatic carbocycles. The number of aliphatic hydroxyl groups is 2. The number of benzene rings is 2. The maximum Gasteiger partial charge on any atom is 0.188 e. The Hall–Kier alpha value is -2.15. The third kappa shape index (κ3) is 4.94. The van der Waals surface area contributed by atoms with E-state index in [0.29, 0.717) is 11.1 Å². The predicted molar refractivity (Wildman–Crippen MR) is 93.3 cm³/mol. The van der Waals surface area contributed by atoms with Crippen LogP contribution >= 0.6 is 0 Å². The van der Waals surface area contributed by atoms with Gasteiger partial charge in [-0.2, -0.15) is 0 Å². The molecule has 0 aliphatic rings. The molecule has 0 aliphatic heterocycles. The summed E-state index contributed by atoms with van der Waals surface area (Å²) in [6, 6.07) is 7.65. The summed E-state index contributed by atoms with van der Waals surface area (Å²) in [5.74, 6) is -1.48. The smallest absolute Gasteiger partial charge is 0.188 e. The fourth-order valence-corrected chi connectivity index (χ4v) is 2.58. The summed E-state index contributed by atoms with van der Waals surface area (Å²) in [7, 11) is 0. The van der Waals surface area contributed by atoms with E-state index in [1.54, 1.807) is 26.0 Å². The van der Waals surface area contributed by atoms with Crippen molar-refractivity contribution in [3.05, 3.63) is 69.8 Å². The van der Waals surface area contributed by atoms with Crippen LogP contribution < -0.4 is 0 Å². The summed E-state index contributed by atoms with van der Waals surface area (Å²) in [4.78, 5) is 12.4. The highest BCUT2D eigenvalue weighted by atomic mass is 19.1. The van der Waals surface area contributed by atoms with Crippen LogP contribution in [0.5, 0.6) is 0 Å². The summed E-state index contributed by atoms with van der Waals surface area (Å²) in [6.45, 7) is 2.27. The average Bonchev–Trinajstić information content (AvgIpc) is 2.60. The van der Waals surface area contributed by atoms with Gasteiger partial charge in [-0.05, 0) is 36.6 Å². The molecule has 2 N–H and O–H groups in total. The number of ether oxygens (including phenoxy) is 1. The van der Waals surface area contributed by atoms with Crippen molar-refractivity contribution in [3.63, 3.8) is 0 Å². The first-order valence-corrected chi connectivity index (χ1v) is 8.26. The third-order valence-electron chi connectivity index (χ3n) is 4.07. The van der Waals surface area contributed by atoms with Crippen molar-refractivity contribution in [2.75, 3.05) is 19.8 Å². The molecule has 0 unspecified atom stereocenters. The number of hydrogen-bond donors (Lipinski definition) is 2. The first-order chi connectivity index (χ1) is 12.3. The van der Waals surface area contributed by atoms with Gasteiger partial charge in [-0.25, -0.2) is 8.78 Å². The van der Waals surface area contributed by atoms with Gasteiger partial charge in [-0.1, -0.05) is 24.3 Å². The number of carbonyl (C=O) groups excluding carboxylic acids is 1. The second kappa shape index (κ2) is 8.98. The predicted octanol–water partition coefficient (Wildman–Crippen LogP) is 2.72. The molecule has 0 saturated heterocycles. The van der Waals surface area contributed by atoms with Crippen molar-refractivity contribution in [1.29, 1.82) is 0 Å². The highest BCUT2D eigenvalue weighted by molar-refractivity contribution is 5.98. The van der Waals surface area contributed by atoms with Gasteiger partial charge in [0.2, 0.25) is 0 Å². The molecule has 2 aromatic carbocycles. The molecule has 0 fully saturated rings. The number of carbonyl (C=O) groups is 1. The van der Waals surface area contributed by atoms with Crippen molar-refractivity contribution in [2.45, 2.75) is 26.4 Å². The maximum atomic E-state index is 14.6. The molecule has 1 atom stereocenters. The molecular weight excluding hydrogens is 342 g/mol. The first-order valence-electron chi connectivity index (χ1n) is 8.26. The van der Waals surface area contributed by atoms with Crippen LogP contribution in [0, 0.1) is 25.5 Å². The van der Waals surface area contributed by atoms with Crippen LogP contribution in [-0.4, -0.2) is 41.9 Å². The van der Waals surface area contributed by atoms with Crippen LogP contribution in [0.3, 0.4) is 0 Å². The Balaban J connectivity index is 2.27. The van der Waals surface area contributed by atoms with Crippen molar-refractivity contribution >= 4 is 5.78 Å². The van der Waals surface area contributed by atoms with E-state index in [2.05, 4.69) is 0 Å². The fourth-order valence-electron chi connectivity index (χ4n) is 2.58. The molecule has 0 radical (unpaired) electrons. The van der Waals surface area contributed by atoms with Crippen molar-refractivity contribution in [3.8, 4) is 0 Å². The van der Waals surface area contributed by atoms with Crippen LogP contribution in [0.4, 0.5) is 8.78 Å². The van der Waals surface area contributed by atoms with E-state index in [4.69, 9.17) is 9.84 Å². The topological polar surface area (TPSA) is 66.8 Å². The van der Waals surface area contributed by atoms with Gasteiger partial charge in [0.15, 0.2) is 5.78 Å². The lowest BCUT2D eigenvalue weighted by Gasteiger charge is -2.14. The lowest BCUT2D eigenvalue weighted by atomic mass is 9.94. The molecule has 6 heteroatoms. The zero-order valence-corrected chi connectivity index (χ0v) is 14.8. The Morgan fingerprint density at radius 3 is 2.58 bits per heavy atom. The Morgan fingerprint density at radius 1 is 1.19 bits per heavy atom. The van der Waals surface area contributed by atoms with Gasteiger partial charge in [0.05, 0.1) is 13.2 Å². The Morgan fingerprint density at radius 2 is 1.92 bits per heavy atom. The van der Waals surface area contributed by atoms with Gasteiger partial charge < -0.3 is 14.9 Å². The summed E-state index contributed by atoms with van der Waals surface area (Å²) in [5, 5.41) is 18.0. The van der Waals surface area contributed by atoms with Crippen LogP contribution in [0.2, 0.25) is 0 Å². The van der Waals surface area contributed by atoms with Gasteiger partial charge in [0.25, 0.3) is 0 Å². The number of aryl methyl sites for hydroxylation is 2. The van der Waals surface area contributed by atoms with Gasteiger partial charge in [-0.15, -0.1) is 0 Å². The molecule has 0 heterocycles. The highest BCUT2D eigenvalue weighted by Crippen LogP contribution is 2.23. The van der Waals surface area contributed by atoms with Gasteiger partial charge >= 0.3 is 0 Å². The molecule has 0 aromatic heterocycles. The zero-order chi connectivity index (χ0) is 19.3. The Labute approximate surface area is 151 Å². The number of ketones is 1. The first kappa shape index (κ1) is 20.2. The normalized spacial score (nSPS) is 12.2. The molecular formula is C20H22F2O4. The second-order valence-electron chi connectivity index (χ2n) is 6.27. The second-order valence-corrected chi connectivity index (χ2v) is 6.27. The van der Waals surface area contributed by atoms with E-state index in [1.807, 2.05) is 0 Å². The molecule has 2 rings (SSSR count). The summed E-state index contributed by atoms with van der Waals surface area (Å²) in [6.07, 6.45) is -1.14. The van der Waals surface area contributed by atoms with Gasteiger partial charge in [-0.3, -0.25) is 4.79 Å². The average molecular weight is 364 g/mol. The minimum Gasteiger partial charge on any atom is -0.394 e. The summed E-state index contributed by atoms with van der Waals surface area (Å²) < 4.78 is 33.8.